The third-order valence-corrected chi connectivity index (χ3v) is 15.5. The van der Waals surface area contributed by atoms with Crippen LogP contribution in [0.3, 0.4) is 0 Å². The van der Waals surface area contributed by atoms with Gasteiger partial charge in [-0.3, -0.25) is 43.3 Å². The molecule has 0 unspecified atom stereocenters. The SMILES string of the molecule is CC(C)C1=C(C(C)C)C(=O)N(CCC(=O)CCOCCOCCOCCOCCOCCOCCOCCOCCNC(=O)[C@@H](CC(=O)[C@H](Cc2ccccc2)NC(=O)CCCCCCCCC(=O)CC[C@H](NC(=O)N[C@@H](CCC(=O)O)C(=O)O)C(=O)O)Cc2ccccc2)C1=O. The molecule has 3 rings (SSSR count). The minimum atomic E-state index is -1.55. The Bertz CT molecular complexity index is 2700. The van der Waals surface area contributed by atoms with Gasteiger partial charge in [-0.15, -0.1) is 0 Å². The van der Waals surface area contributed by atoms with Crippen LogP contribution in [0.2, 0.25) is 0 Å². The second kappa shape index (κ2) is 50.9. The number of carboxylic acid groups (broad SMARTS) is 3. The van der Waals surface area contributed by atoms with Crippen molar-refractivity contribution >= 4 is 64.9 Å². The summed E-state index contributed by atoms with van der Waals surface area (Å²) >= 11 is 0. The van der Waals surface area contributed by atoms with Crippen LogP contribution in [0.25, 0.3) is 0 Å². The van der Waals surface area contributed by atoms with E-state index in [4.69, 9.17) is 43.0 Å². The molecule has 27 nitrogen and oxygen atoms in total. The van der Waals surface area contributed by atoms with Gasteiger partial charge in [0, 0.05) is 75.1 Å². The fourth-order valence-electron chi connectivity index (χ4n) is 10.3. The van der Waals surface area contributed by atoms with Crippen LogP contribution >= 0.6 is 0 Å². The number of hydrogen-bond acceptors (Lipinski definition) is 19. The van der Waals surface area contributed by atoms with E-state index in [0.29, 0.717) is 129 Å². The van der Waals surface area contributed by atoms with Gasteiger partial charge in [-0.1, -0.05) is 114 Å². The van der Waals surface area contributed by atoms with Gasteiger partial charge in [0.15, 0.2) is 5.78 Å². The van der Waals surface area contributed by atoms with Crippen LogP contribution in [-0.2, 0) is 98.7 Å². The molecule has 6 amide bonds. The van der Waals surface area contributed by atoms with Crippen molar-refractivity contribution in [1.82, 2.24) is 26.2 Å². The van der Waals surface area contributed by atoms with Crippen molar-refractivity contribution in [3.05, 3.63) is 82.9 Å². The Morgan fingerprint density at radius 1 is 0.433 bits per heavy atom. The molecular weight excluding hydrogens is 1260 g/mol. The van der Waals surface area contributed by atoms with Gasteiger partial charge in [-0.05, 0) is 61.5 Å². The summed E-state index contributed by atoms with van der Waals surface area (Å²) in [5.74, 6) is -6.76. The standard InChI is InChI=1S/C70H105N5O22/c1-50(2)63-64(51(3)4)67(84)75(66(63)83)30-27-56(77)28-31-90-33-35-92-37-39-94-41-43-96-45-46-97-44-42-95-40-38-93-36-34-91-32-29-71-65(82)54(47-52-17-11-9-12-18-52)49-60(78)59(48-53-19-13-10-14-20-53)72-61(79)22-16-8-6-5-7-15-21-55(76)23-24-57(68(85)86)73-70(89)74-58(69(87)88)25-26-62(80)81/h9-14,17-20,50-51,54,57-59H,5-8,15-16,21-49H2,1-4H3,(H,71,82)(H,72,79)(H,80,81)(H,85,86)(H,87,88)(H2,73,74,89)/t54-,57+,58+,59+/m1/s1. The average Bonchev–Trinajstić information content (AvgIpc) is 1.64. The molecule has 0 bridgehead atoms. The predicted octanol–water partition coefficient (Wildman–Crippen LogP) is 5.65. The van der Waals surface area contributed by atoms with Crippen LogP contribution in [-0.4, -0.2) is 222 Å². The number of nitrogens with zero attached hydrogens (tertiary/aromatic N) is 1. The summed E-state index contributed by atoms with van der Waals surface area (Å²) in [4.78, 5) is 139. The van der Waals surface area contributed by atoms with Gasteiger partial charge >= 0.3 is 23.9 Å². The van der Waals surface area contributed by atoms with E-state index >= 15 is 0 Å². The minimum absolute atomic E-state index is 0.0689. The van der Waals surface area contributed by atoms with Crippen molar-refractivity contribution in [2.45, 2.75) is 155 Å². The topological polar surface area (TPSA) is 374 Å². The zero-order chi connectivity index (χ0) is 71.0. The number of carbonyl (C=O) groups is 11. The van der Waals surface area contributed by atoms with E-state index in [1.54, 1.807) is 0 Å². The molecule has 542 valence electrons. The summed E-state index contributed by atoms with van der Waals surface area (Å²) < 4.78 is 44.5. The Labute approximate surface area is 569 Å². The first-order valence-corrected chi connectivity index (χ1v) is 33.9. The van der Waals surface area contributed by atoms with E-state index in [1.807, 2.05) is 88.4 Å². The summed E-state index contributed by atoms with van der Waals surface area (Å²) in [5.41, 5.74) is 2.82. The lowest BCUT2D eigenvalue weighted by atomic mass is 9.89. The number of carboxylic acids is 3. The second-order valence-electron chi connectivity index (χ2n) is 24.0. The van der Waals surface area contributed by atoms with Crippen molar-refractivity contribution in [3.8, 4) is 0 Å². The maximum absolute atomic E-state index is 14.1. The first kappa shape index (κ1) is 83.9. The van der Waals surface area contributed by atoms with E-state index in [2.05, 4.69) is 21.3 Å². The fourth-order valence-corrected chi connectivity index (χ4v) is 10.3. The highest BCUT2D eigenvalue weighted by atomic mass is 16.6. The van der Waals surface area contributed by atoms with Crippen LogP contribution in [0.1, 0.15) is 135 Å². The molecule has 0 saturated heterocycles. The number of imide groups is 1. The number of nitrogens with one attached hydrogen (secondary N) is 4. The van der Waals surface area contributed by atoms with Gasteiger partial charge in [0.2, 0.25) is 11.8 Å². The molecule has 4 atom stereocenters. The minimum Gasteiger partial charge on any atom is -0.481 e. The molecule has 0 spiro atoms. The maximum Gasteiger partial charge on any atom is 0.326 e. The number of unbranched alkanes of at least 4 members (excludes halogenated alkanes) is 5. The molecule has 0 saturated carbocycles. The summed E-state index contributed by atoms with van der Waals surface area (Å²) in [6.07, 6.45) is 3.92. The lowest BCUT2D eigenvalue weighted by Crippen LogP contribution is -2.51. The highest BCUT2D eigenvalue weighted by Crippen LogP contribution is 2.31. The number of ketones is 3. The zero-order valence-electron chi connectivity index (χ0n) is 57.0. The highest BCUT2D eigenvalue weighted by molar-refractivity contribution is 6.19. The van der Waals surface area contributed by atoms with E-state index in [-0.39, 0.29) is 130 Å². The first-order valence-electron chi connectivity index (χ1n) is 33.9. The van der Waals surface area contributed by atoms with Crippen LogP contribution < -0.4 is 21.3 Å². The summed E-state index contributed by atoms with van der Waals surface area (Å²) in [6, 6.07) is 13.7. The molecule has 2 aromatic rings. The maximum atomic E-state index is 14.1. The zero-order valence-corrected chi connectivity index (χ0v) is 57.0. The third-order valence-electron chi connectivity index (χ3n) is 15.5. The van der Waals surface area contributed by atoms with Crippen LogP contribution in [0, 0.1) is 17.8 Å². The molecule has 1 aliphatic heterocycles. The highest BCUT2D eigenvalue weighted by Gasteiger charge is 2.40. The Kier molecular flexibility index (Phi) is 44.0. The van der Waals surface area contributed by atoms with Crippen molar-refractivity contribution < 1.29 is 106 Å². The molecule has 0 radical (unpaired) electrons. The number of aliphatic carboxylic acids is 3. The predicted molar refractivity (Wildman–Crippen MR) is 355 cm³/mol. The van der Waals surface area contributed by atoms with Gasteiger partial charge < -0.3 is 74.5 Å². The molecule has 0 aliphatic carbocycles. The van der Waals surface area contributed by atoms with Gasteiger partial charge in [0.1, 0.15) is 23.7 Å². The van der Waals surface area contributed by atoms with Crippen molar-refractivity contribution in [3.63, 3.8) is 0 Å². The van der Waals surface area contributed by atoms with Crippen LogP contribution in [0.15, 0.2) is 71.8 Å². The third kappa shape index (κ3) is 37.8. The lowest BCUT2D eigenvalue weighted by Gasteiger charge is -2.22. The normalized spacial score (nSPS) is 13.6. The number of ether oxygens (including phenoxy) is 8. The van der Waals surface area contributed by atoms with E-state index in [1.165, 1.54) is 4.90 Å². The smallest absolute Gasteiger partial charge is 0.326 e. The lowest BCUT2D eigenvalue weighted by molar-refractivity contribution is -0.141. The Morgan fingerprint density at radius 2 is 0.835 bits per heavy atom. The summed E-state index contributed by atoms with van der Waals surface area (Å²) in [5, 5.41) is 37.7. The fraction of sp³-hybridized carbons (Fsp3) is 0.643. The molecule has 27 heteroatoms. The number of Topliss-reactive ketones (excluding diaryl/α,β-unsaturated/α-hetero) is 3. The summed E-state index contributed by atoms with van der Waals surface area (Å²) in [6.45, 7) is 13.4. The second-order valence-corrected chi connectivity index (χ2v) is 24.0. The first-order chi connectivity index (χ1) is 46.7. The molecule has 0 fully saturated rings. The molecule has 7 N–H and O–H groups in total. The van der Waals surface area contributed by atoms with Crippen LogP contribution in [0.5, 0.6) is 0 Å². The number of benzene rings is 2. The van der Waals surface area contributed by atoms with E-state index in [0.717, 1.165) is 30.4 Å². The number of rotatable bonds is 60. The van der Waals surface area contributed by atoms with Crippen molar-refractivity contribution in [2.24, 2.45) is 17.8 Å². The molecule has 2 aromatic carbocycles. The number of amides is 6. The molecule has 1 aliphatic rings. The van der Waals surface area contributed by atoms with Gasteiger partial charge in [0.05, 0.1) is 112 Å². The van der Waals surface area contributed by atoms with Gasteiger partial charge in [0.25, 0.3) is 11.8 Å². The Morgan fingerprint density at radius 3 is 1.28 bits per heavy atom. The number of hydrogen-bond donors (Lipinski definition) is 7. The molecule has 0 aromatic heterocycles. The van der Waals surface area contributed by atoms with E-state index < -0.39 is 60.8 Å². The number of urea groups is 1. The monoisotopic (exact) mass is 1370 g/mol. The molecular formula is C70H105N5O22. The summed E-state index contributed by atoms with van der Waals surface area (Å²) in [7, 11) is 0. The average molecular weight is 1370 g/mol. The molecule has 97 heavy (non-hydrogen) atoms. The van der Waals surface area contributed by atoms with Gasteiger partial charge in [-0.25, -0.2) is 14.4 Å². The van der Waals surface area contributed by atoms with Crippen LogP contribution in [0.4, 0.5) is 4.79 Å². The largest absolute Gasteiger partial charge is 0.481 e. The van der Waals surface area contributed by atoms with Gasteiger partial charge in [-0.2, -0.15) is 0 Å². The quantitative estimate of drug-likeness (QED) is 0.0311. The number of carbonyl (C=O) groups excluding carboxylic acids is 8. The van der Waals surface area contributed by atoms with E-state index in [9.17, 15) is 63.0 Å². The molecule has 1 heterocycles. The van der Waals surface area contributed by atoms with Crippen molar-refractivity contribution in [1.29, 1.82) is 0 Å². The Balaban J connectivity index is 1.20. The van der Waals surface area contributed by atoms with Crippen molar-refractivity contribution in [2.75, 3.05) is 119 Å². The Hall–Kier alpha value is -7.37.